The van der Waals surface area contributed by atoms with Crippen LogP contribution in [-0.4, -0.2) is 22.5 Å². The molecule has 3 aliphatic carbocycles. The molecule has 5 rings (SSSR count). The highest BCUT2D eigenvalue weighted by Crippen LogP contribution is 2.52. The van der Waals surface area contributed by atoms with Gasteiger partial charge < -0.3 is 0 Å². The van der Waals surface area contributed by atoms with E-state index in [-0.39, 0.29) is 39.9 Å². The van der Waals surface area contributed by atoms with Crippen LogP contribution in [0.4, 0.5) is 11.4 Å². The second-order valence-electron chi connectivity index (χ2n) is 6.57. The van der Waals surface area contributed by atoms with E-state index in [0.29, 0.717) is 12.8 Å². The first kappa shape index (κ1) is 15.3. The number of rotatable bonds is 2. The zero-order chi connectivity index (χ0) is 17.2. The van der Waals surface area contributed by atoms with Crippen LogP contribution in [0.3, 0.4) is 0 Å². The van der Waals surface area contributed by atoms with Gasteiger partial charge in [-0.1, -0.05) is 11.6 Å². The van der Waals surface area contributed by atoms with Gasteiger partial charge in [-0.15, -0.1) is 0 Å². The molecule has 2 bridgehead atoms. The number of hydrogen-bond acceptors (Lipinski definition) is 5. The summed E-state index contributed by atoms with van der Waals surface area (Å²) in [6.45, 7) is 0. The van der Waals surface area contributed by atoms with Crippen LogP contribution in [-0.2, 0) is 14.4 Å². The maximum atomic E-state index is 12.8. The molecule has 1 aromatic carbocycles. The zero-order valence-corrected chi connectivity index (χ0v) is 13.2. The predicted molar refractivity (Wildman–Crippen MR) is 83.4 cm³/mol. The van der Waals surface area contributed by atoms with Crippen molar-refractivity contribution in [3.63, 3.8) is 0 Å². The lowest BCUT2D eigenvalue weighted by Crippen LogP contribution is -2.46. The molecule has 0 unspecified atom stereocenters. The van der Waals surface area contributed by atoms with Crippen molar-refractivity contribution >= 4 is 40.6 Å². The van der Waals surface area contributed by atoms with Gasteiger partial charge in [0.05, 0.1) is 22.4 Å². The van der Waals surface area contributed by atoms with E-state index in [1.54, 1.807) is 0 Å². The molecule has 0 N–H and O–H groups in total. The standard InChI is InChI=1S/C16H13ClN2O5/c17-10-6-8(2-4-11(10)19(23)24)18-15(21)13-7-1-3-9(12(20)5-7)14(13)16(18)22/h2,4,6-7,9,13-14H,1,3,5H2/t7-,9+,13+,14-/m1/s1. The molecular weight excluding hydrogens is 336 g/mol. The summed E-state index contributed by atoms with van der Waals surface area (Å²) in [5.74, 6) is -2.15. The number of hydrogen-bond donors (Lipinski definition) is 0. The molecule has 7 nitrogen and oxygen atoms in total. The summed E-state index contributed by atoms with van der Waals surface area (Å²) < 4.78 is 0. The topological polar surface area (TPSA) is 97.6 Å². The van der Waals surface area contributed by atoms with Crippen LogP contribution < -0.4 is 4.90 Å². The summed E-state index contributed by atoms with van der Waals surface area (Å²) in [7, 11) is 0. The Hall–Kier alpha value is -2.28. The summed E-state index contributed by atoms with van der Waals surface area (Å²) in [6, 6.07) is 3.79. The van der Waals surface area contributed by atoms with E-state index >= 15 is 0 Å². The minimum Gasteiger partial charge on any atom is -0.299 e. The molecule has 1 heterocycles. The van der Waals surface area contributed by atoms with Crippen LogP contribution in [0, 0.1) is 33.8 Å². The van der Waals surface area contributed by atoms with E-state index in [0.717, 1.165) is 11.3 Å². The van der Waals surface area contributed by atoms with Crippen molar-refractivity contribution < 1.29 is 19.3 Å². The normalized spacial score (nSPS) is 31.5. The number of nitro benzene ring substituents is 1. The van der Waals surface area contributed by atoms with Crippen molar-refractivity contribution in [3.05, 3.63) is 33.3 Å². The highest BCUT2D eigenvalue weighted by atomic mass is 35.5. The highest BCUT2D eigenvalue weighted by Gasteiger charge is 2.61. The van der Waals surface area contributed by atoms with Crippen molar-refractivity contribution in [2.45, 2.75) is 19.3 Å². The average molecular weight is 349 g/mol. The molecule has 1 saturated heterocycles. The van der Waals surface area contributed by atoms with E-state index in [1.165, 1.54) is 18.2 Å². The fraction of sp³-hybridized carbons (Fsp3) is 0.438. The monoisotopic (exact) mass is 348 g/mol. The smallest absolute Gasteiger partial charge is 0.288 e. The Morgan fingerprint density at radius 2 is 1.83 bits per heavy atom. The Balaban J connectivity index is 1.74. The lowest BCUT2D eigenvalue weighted by molar-refractivity contribution is -0.384. The number of benzene rings is 1. The number of imide groups is 1. The number of nitro groups is 1. The molecule has 4 fully saturated rings. The van der Waals surface area contributed by atoms with Crippen LogP contribution in [0.15, 0.2) is 18.2 Å². The fourth-order valence-electron chi connectivity index (χ4n) is 4.42. The molecule has 8 heteroatoms. The minimum absolute atomic E-state index is 0.0669. The number of fused-ring (bicyclic) bond motifs is 2. The molecule has 0 radical (unpaired) electrons. The van der Waals surface area contributed by atoms with Crippen LogP contribution >= 0.6 is 11.6 Å². The second kappa shape index (κ2) is 5.11. The maximum absolute atomic E-state index is 12.8. The van der Waals surface area contributed by atoms with Crippen molar-refractivity contribution in [2.24, 2.45) is 23.7 Å². The average Bonchev–Trinajstić information content (AvgIpc) is 2.80. The van der Waals surface area contributed by atoms with Gasteiger partial charge in [0.25, 0.3) is 5.69 Å². The Morgan fingerprint density at radius 3 is 2.46 bits per heavy atom. The number of Topliss-reactive ketones (excluding diaryl/α,β-unsaturated/α-hetero) is 1. The number of nitrogens with zero attached hydrogens (tertiary/aromatic N) is 2. The third-order valence-electron chi connectivity index (χ3n) is 5.45. The van der Waals surface area contributed by atoms with Crippen LogP contribution in [0.25, 0.3) is 0 Å². The van der Waals surface area contributed by atoms with Crippen LogP contribution in [0.1, 0.15) is 19.3 Å². The number of carbonyl (C=O) groups is 3. The number of halogens is 1. The fourth-order valence-corrected chi connectivity index (χ4v) is 4.67. The number of amides is 2. The first-order valence-corrected chi connectivity index (χ1v) is 8.12. The van der Waals surface area contributed by atoms with E-state index in [4.69, 9.17) is 11.6 Å². The van der Waals surface area contributed by atoms with E-state index in [2.05, 4.69) is 0 Å². The number of ketones is 1. The lowest BCUT2D eigenvalue weighted by atomic mass is 9.59. The van der Waals surface area contributed by atoms with Crippen molar-refractivity contribution in [1.82, 2.24) is 0 Å². The summed E-state index contributed by atoms with van der Waals surface area (Å²) in [6.07, 6.45) is 1.80. The Labute approximate surface area is 141 Å². The maximum Gasteiger partial charge on any atom is 0.288 e. The first-order valence-electron chi connectivity index (χ1n) is 7.74. The van der Waals surface area contributed by atoms with Gasteiger partial charge in [-0.25, -0.2) is 4.90 Å². The molecule has 4 atom stereocenters. The zero-order valence-electron chi connectivity index (χ0n) is 12.5. The van der Waals surface area contributed by atoms with Gasteiger partial charge in [-0.05, 0) is 30.9 Å². The molecule has 1 aromatic rings. The summed E-state index contributed by atoms with van der Waals surface area (Å²) >= 11 is 5.90. The van der Waals surface area contributed by atoms with Gasteiger partial charge in [0, 0.05) is 18.4 Å². The minimum atomic E-state index is -0.627. The van der Waals surface area contributed by atoms with Crippen LogP contribution in [0.2, 0.25) is 5.02 Å². The second-order valence-corrected chi connectivity index (χ2v) is 6.98. The molecule has 3 saturated carbocycles. The van der Waals surface area contributed by atoms with E-state index < -0.39 is 22.7 Å². The van der Waals surface area contributed by atoms with Gasteiger partial charge in [0.15, 0.2) is 0 Å². The van der Waals surface area contributed by atoms with Gasteiger partial charge in [0.1, 0.15) is 10.8 Å². The Kier molecular flexibility index (Phi) is 3.25. The van der Waals surface area contributed by atoms with Gasteiger partial charge in [-0.2, -0.15) is 0 Å². The quantitative estimate of drug-likeness (QED) is 0.464. The third kappa shape index (κ3) is 1.94. The van der Waals surface area contributed by atoms with Crippen molar-refractivity contribution in [3.8, 4) is 0 Å². The SMILES string of the molecule is O=C1C[C@H]2CC[C@@H]1[C@H]1C(=O)N(c3ccc([N+](=O)[O-])c(Cl)c3)C(=O)[C@@H]21. The molecule has 0 spiro atoms. The Bertz CT molecular complexity index is 808. The first-order chi connectivity index (χ1) is 11.4. The highest BCUT2D eigenvalue weighted by molar-refractivity contribution is 6.33. The molecule has 2 amide bonds. The number of anilines is 1. The van der Waals surface area contributed by atoms with Gasteiger partial charge in [-0.3, -0.25) is 24.5 Å². The predicted octanol–water partition coefficient (Wildman–Crippen LogP) is 2.35. The molecule has 124 valence electrons. The summed E-state index contributed by atoms with van der Waals surface area (Å²) in [5.41, 5.74) is -0.0611. The lowest BCUT2D eigenvalue weighted by Gasteiger charge is -2.41. The molecule has 24 heavy (non-hydrogen) atoms. The van der Waals surface area contributed by atoms with Crippen molar-refractivity contribution in [2.75, 3.05) is 4.90 Å². The van der Waals surface area contributed by atoms with Gasteiger partial charge >= 0.3 is 0 Å². The molecule has 0 aromatic heterocycles. The van der Waals surface area contributed by atoms with E-state index in [9.17, 15) is 24.5 Å². The van der Waals surface area contributed by atoms with Gasteiger partial charge in [0.2, 0.25) is 11.8 Å². The van der Waals surface area contributed by atoms with Crippen molar-refractivity contribution in [1.29, 1.82) is 0 Å². The summed E-state index contributed by atoms with van der Waals surface area (Å²) in [4.78, 5) is 49.0. The molecular formula is C16H13ClN2O5. The largest absolute Gasteiger partial charge is 0.299 e. The van der Waals surface area contributed by atoms with E-state index in [1.807, 2.05) is 0 Å². The molecule has 1 aliphatic heterocycles. The Morgan fingerprint density at radius 1 is 1.12 bits per heavy atom. The number of carbonyl (C=O) groups excluding carboxylic acids is 3. The molecule has 4 aliphatic rings. The summed E-state index contributed by atoms with van der Waals surface area (Å²) in [5, 5.41) is 10.7. The van der Waals surface area contributed by atoms with Crippen LogP contribution in [0.5, 0.6) is 0 Å². The third-order valence-corrected chi connectivity index (χ3v) is 5.75.